The first kappa shape index (κ1) is 23.6. The number of anilines is 1. The molecule has 0 aromatic carbocycles. The third-order valence-electron chi connectivity index (χ3n) is 4.51. The zero-order chi connectivity index (χ0) is 24.1. The predicted molar refractivity (Wildman–Crippen MR) is 131 cm³/mol. The van der Waals surface area contributed by atoms with Crippen molar-refractivity contribution in [2.75, 3.05) is 17.7 Å². The van der Waals surface area contributed by atoms with Gasteiger partial charge < -0.3 is 18.9 Å². The number of aryl methyl sites for hydroxylation is 2. The van der Waals surface area contributed by atoms with Gasteiger partial charge >= 0.3 is 5.97 Å². The van der Waals surface area contributed by atoms with Gasteiger partial charge in [-0.1, -0.05) is 11.8 Å². The summed E-state index contributed by atoms with van der Waals surface area (Å²) in [6.45, 7) is 5.64. The van der Waals surface area contributed by atoms with Gasteiger partial charge in [0.05, 0.1) is 12.4 Å². The van der Waals surface area contributed by atoms with Gasteiger partial charge in [0.2, 0.25) is 11.1 Å². The first-order chi connectivity index (χ1) is 16.4. The van der Waals surface area contributed by atoms with Crippen molar-refractivity contribution in [2.24, 2.45) is 0 Å². The Labute approximate surface area is 203 Å². The van der Waals surface area contributed by atoms with E-state index in [1.54, 1.807) is 30.5 Å². The second-order valence-electron chi connectivity index (χ2n) is 7.11. The van der Waals surface area contributed by atoms with Crippen LogP contribution in [-0.2, 0) is 9.53 Å². The van der Waals surface area contributed by atoms with Gasteiger partial charge in [0, 0.05) is 10.9 Å². The fourth-order valence-electron chi connectivity index (χ4n) is 3.01. The number of amides is 1. The van der Waals surface area contributed by atoms with E-state index in [2.05, 4.69) is 20.5 Å². The average molecular weight is 499 g/mol. The van der Waals surface area contributed by atoms with Gasteiger partial charge in [-0.3, -0.25) is 9.89 Å². The molecule has 0 spiro atoms. The zero-order valence-corrected chi connectivity index (χ0v) is 20.3. The number of carbonyl (C=O) groups excluding carboxylic acids is 2. The number of aromatic nitrogens is 3. The monoisotopic (exact) mass is 498 g/mol. The van der Waals surface area contributed by atoms with Crippen LogP contribution in [0.1, 0.15) is 40.4 Å². The van der Waals surface area contributed by atoms with Crippen LogP contribution < -0.4 is 5.32 Å². The third kappa shape index (κ3) is 5.67. The molecule has 9 nitrogen and oxygen atoms in total. The molecule has 4 heterocycles. The smallest absolute Gasteiger partial charge is 0.341 e. The standard InChI is InChI=1S/C23H22N4O5S2/c1-4-30-22(29)20-16(17-9-6-14(3)32-17)11-33-21(20)25-19(28)12-34-23-24-18(26-27-23)10-8-15-7-5-13(2)31-15/h5-11H,4,12H2,1-3H3,(H,25,28)(H,24,26,27)/b10-8+. The van der Waals surface area contributed by atoms with E-state index in [1.165, 1.54) is 23.1 Å². The lowest BCUT2D eigenvalue weighted by Crippen LogP contribution is -2.16. The lowest BCUT2D eigenvalue weighted by molar-refractivity contribution is -0.113. The van der Waals surface area contributed by atoms with Crippen molar-refractivity contribution in [3.8, 4) is 11.3 Å². The Morgan fingerprint density at radius 1 is 1.18 bits per heavy atom. The summed E-state index contributed by atoms with van der Waals surface area (Å²) in [5.74, 6) is 2.57. The largest absolute Gasteiger partial charge is 0.462 e. The fourth-order valence-corrected chi connectivity index (χ4v) is 4.57. The molecule has 0 saturated carbocycles. The van der Waals surface area contributed by atoms with Gasteiger partial charge in [0.25, 0.3) is 0 Å². The Kier molecular flexibility index (Phi) is 7.33. The highest BCUT2D eigenvalue weighted by atomic mass is 32.2. The van der Waals surface area contributed by atoms with Crippen LogP contribution in [0.5, 0.6) is 0 Å². The number of thioether (sulfide) groups is 1. The first-order valence-corrected chi connectivity index (χ1v) is 12.2. The Morgan fingerprint density at radius 3 is 2.68 bits per heavy atom. The summed E-state index contributed by atoms with van der Waals surface area (Å²) in [5.41, 5.74) is 0.856. The summed E-state index contributed by atoms with van der Waals surface area (Å²) in [7, 11) is 0. The number of nitrogens with one attached hydrogen (secondary N) is 2. The molecule has 0 aliphatic rings. The van der Waals surface area contributed by atoms with Crippen LogP contribution in [0.2, 0.25) is 0 Å². The second kappa shape index (κ2) is 10.6. The van der Waals surface area contributed by atoms with Crippen LogP contribution in [-0.4, -0.2) is 39.4 Å². The number of nitrogens with zero attached hydrogens (tertiary/aromatic N) is 2. The molecule has 34 heavy (non-hydrogen) atoms. The molecule has 1 amide bonds. The predicted octanol–water partition coefficient (Wildman–Crippen LogP) is 5.41. The number of carbonyl (C=O) groups is 2. The molecule has 0 atom stereocenters. The van der Waals surface area contributed by atoms with Crippen molar-refractivity contribution in [3.05, 3.63) is 58.3 Å². The van der Waals surface area contributed by atoms with Gasteiger partial charge in [-0.05, 0) is 57.2 Å². The van der Waals surface area contributed by atoms with Gasteiger partial charge in [-0.25, -0.2) is 9.78 Å². The van der Waals surface area contributed by atoms with E-state index in [1.807, 2.05) is 32.0 Å². The highest BCUT2D eigenvalue weighted by Gasteiger charge is 2.24. The van der Waals surface area contributed by atoms with Crippen LogP contribution in [0, 0.1) is 13.8 Å². The van der Waals surface area contributed by atoms with E-state index >= 15 is 0 Å². The lowest BCUT2D eigenvalue weighted by Gasteiger charge is -2.07. The molecule has 0 aliphatic carbocycles. The minimum atomic E-state index is -0.520. The van der Waals surface area contributed by atoms with Crippen LogP contribution >= 0.6 is 23.1 Å². The summed E-state index contributed by atoms with van der Waals surface area (Å²) in [5, 5.41) is 12.3. The first-order valence-electron chi connectivity index (χ1n) is 10.4. The van der Waals surface area contributed by atoms with Crippen molar-refractivity contribution in [3.63, 3.8) is 0 Å². The molecule has 176 valence electrons. The van der Waals surface area contributed by atoms with Gasteiger partial charge in [-0.2, -0.15) is 0 Å². The number of aromatic amines is 1. The topological polar surface area (TPSA) is 123 Å². The maximum atomic E-state index is 12.6. The van der Waals surface area contributed by atoms with Crippen LogP contribution in [0.4, 0.5) is 5.00 Å². The Bertz CT molecular complexity index is 1330. The number of ether oxygens (including phenoxy) is 1. The molecule has 0 aliphatic heterocycles. The van der Waals surface area contributed by atoms with E-state index in [0.29, 0.717) is 33.1 Å². The average Bonchev–Trinajstić information content (AvgIpc) is 3.59. The molecule has 0 bridgehead atoms. The van der Waals surface area contributed by atoms with Crippen molar-refractivity contribution in [1.82, 2.24) is 15.2 Å². The molecule has 4 aromatic rings. The van der Waals surface area contributed by atoms with E-state index in [0.717, 1.165) is 11.5 Å². The summed E-state index contributed by atoms with van der Waals surface area (Å²) in [6, 6.07) is 7.33. The molecule has 0 radical (unpaired) electrons. The number of furan rings is 2. The maximum absolute atomic E-state index is 12.6. The zero-order valence-electron chi connectivity index (χ0n) is 18.7. The Hall–Kier alpha value is -3.57. The molecule has 4 rings (SSSR count). The van der Waals surface area contributed by atoms with E-state index in [4.69, 9.17) is 13.6 Å². The normalized spacial score (nSPS) is 11.3. The summed E-state index contributed by atoms with van der Waals surface area (Å²) >= 11 is 2.41. The summed E-state index contributed by atoms with van der Waals surface area (Å²) in [4.78, 5) is 29.5. The van der Waals surface area contributed by atoms with E-state index in [-0.39, 0.29) is 23.8 Å². The highest BCUT2D eigenvalue weighted by Crippen LogP contribution is 2.37. The van der Waals surface area contributed by atoms with Gasteiger partial charge in [0.15, 0.2) is 0 Å². The fraction of sp³-hybridized carbons (Fsp3) is 0.217. The van der Waals surface area contributed by atoms with Crippen LogP contribution in [0.15, 0.2) is 43.6 Å². The third-order valence-corrected chi connectivity index (χ3v) is 6.25. The quantitative estimate of drug-likeness (QED) is 0.232. The molecular weight excluding hydrogens is 476 g/mol. The lowest BCUT2D eigenvalue weighted by atomic mass is 10.1. The molecule has 4 aromatic heterocycles. The van der Waals surface area contributed by atoms with Crippen molar-refractivity contribution < 1.29 is 23.2 Å². The van der Waals surface area contributed by atoms with Crippen molar-refractivity contribution in [1.29, 1.82) is 0 Å². The van der Waals surface area contributed by atoms with Crippen molar-refractivity contribution in [2.45, 2.75) is 25.9 Å². The number of esters is 1. The molecule has 11 heteroatoms. The number of rotatable bonds is 9. The number of thiophene rings is 1. The second-order valence-corrected chi connectivity index (χ2v) is 8.93. The highest BCUT2D eigenvalue weighted by molar-refractivity contribution is 7.99. The van der Waals surface area contributed by atoms with Crippen LogP contribution in [0.3, 0.4) is 0 Å². The summed E-state index contributed by atoms with van der Waals surface area (Å²) in [6.07, 6.45) is 3.52. The van der Waals surface area contributed by atoms with Gasteiger partial charge in [-0.15, -0.1) is 16.4 Å². The van der Waals surface area contributed by atoms with E-state index < -0.39 is 5.97 Å². The molecule has 0 saturated heterocycles. The molecule has 0 unspecified atom stereocenters. The molecule has 0 fully saturated rings. The van der Waals surface area contributed by atoms with Crippen LogP contribution in [0.25, 0.3) is 23.5 Å². The number of hydrogen-bond donors (Lipinski definition) is 2. The molecule has 2 N–H and O–H groups in total. The number of H-pyrrole nitrogens is 1. The minimum Gasteiger partial charge on any atom is -0.462 e. The van der Waals surface area contributed by atoms with E-state index in [9.17, 15) is 9.59 Å². The number of hydrogen-bond acceptors (Lipinski definition) is 9. The SMILES string of the molecule is CCOC(=O)c1c(-c2ccc(C)o2)csc1NC(=O)CSc1n[nH]c(/C=C/c2ccc(C)o2)n1. The van der Waals surface area contributed by atoms with Gasteiger partial charge in [0.1, 0.15) is 39.4 Å². The van der Waals surface area contributed by atoms with Crippen molar-refractivity contribution >= 4 is 52.1 Å². The maximum Gasteiger partial charge on any atom is 0.341 e. The molecular formula is C23H22N4O5S2. The Balaban J connectivity index is 1.40. The minimum absolute atomic E-state index is 0.0632. The Morgan fingerprint density at radius 2 is 1.97 bits per heavy atom. The summed E-state index contributed by atoms with van der Waals surface area (Å²) < 4.78 is 16.3.